The molecule has 3 heterocycles. The van der Waals surface area contributed by atoms with E-state index in [0.717, 1.165) is 43.7 Å². The van der Waals surface area contributed by atoms with Gasteiger partial charge in [0.15, 0.2) is 0 Å². The van der Waals surface area contributed by atoms with Gasteiger partial charge in [-0.3, -0.25) is 14.7 Å². The molecule has 2 aromatic heterocycles. The van der Waals surface area contributed by atoms with Gasteiger partial charge in [-0.15, -0.1) is 11.3 Å². The summed E-state index contributed by atoms with van der Waals surface area (Å²) >= 11 is 1.44. The molecule has 4 nitrogen and oxygen atoms in total. The first-order valence-electron chi connectivity index (χ1n) is 9.91. The average molecular weight is 410 g/mol. The average Bonchev–Trinajstić information content (AvgIpc) is 3.29. The lowest BCUT2D eigenvalue weighted by Crippen LogP contribution is -2.42. The van der Waals surface area contributed by atoms with Crippen LogP contribution in [0.5, 0.6) is 0 Å². The molecule has 29 heavy (non-hydrogen) atoms. The van der Waals surface area contributed by atoms with Crippen LogP contribution in [-0.4, -0.2) is 28.9 Å². The molecule has 0 spiro atoms. The lowest BCUT2D eigenvalue weighted by Gasteiger charge is -2.37. The molecule has 1 aromatic carbocycles. The minimum Gasteiger partial charge on any atom is -0.343 e. The second kappa shape index (κ2) is 9.29. The number of nitrogens with zero attached hydrogens (tertiary/aromatic N) is 2. The second-order valence-corrected chi connectivity index (χ2v) is 8.39. The Morgan fingerprint density at radius 1 is 1.21 bits per heavy atom. The van der Waals surface area contributed by atoms with Gasteiger partial charge in [0.1, 0.15) is 5.82 Å². The van der Waals surface area contributed by atoms with E-state index in [1.165, 1.54) is 23.5 Å². The summed E-state index contributed by atoms with van der Waals surface area (Å²) in [6.45, 7) is 2.65. The molecule has 0 aliphatic carbocycles. The summed E-state index contributed by atoms with van der Waals surface area (Å²) < 4.78 is 13.2. The van der Waals surface area contributed by atoms with Gasteiger partial charge in [0, 0.05) is 19.3 Å². The van der Waals surface area contributed by atoms with Crippen LogP contribution in [0.1, 0.15) is 39.8 Å². The Balaban J connectivity index is 1.50. The molecule has 0 radical (unpaired) electrons. The molecular formula is C23H24FN3OS. The number of carbonyl (C=O) groups excluding carboxylic acids is 1. The summed E-state index contributed by atoms with van der Waals surface area (Å²) in [5.74, 6) is 0.00565. The third-order valence-corrected chi connectivity index (χ3v) is 6.24. The molecular weight excluding hydrogens is 385 g/mol. The van der Waals surface area contributed by atoms with Gasteiger partial charge < -0.3 is 5.32 Å². The smallest absolute Gasteiger partial charge is 0.261 e. The van der Waals surface area contributed by atoms with Gasteiger partial charge in [-0.2, -0.15) is 0 Å². The summed E-state index contributed by atoms with van der Waals surface area (Å²) in [5, 5.41) is 5.14. The van der Waals surface area contributed by atoms with E-state index in [0.29, 0.717) is 4.88 Å². The van der Waals surface area contributed by atoms with E-state index in [4.69, 9.17) is 0 Å². The number of amides is 1. The first kappa shape index (κ1) is 19.7. The number of hydrogen-bond acceptors (Lipinski definition) is 4. The highest BCUT2D eigenvalue weighted by molar-refractivity contribution is 7.12. The van der Waals surface area contributed by atoms with Crippen molar-refractivity contribution in [3.8, 4) is 0 Å². The number of aromatic nitrogens is 1. The number of halogens is 1. The number of carbonyl (C=O) groups is 1. The number of pyridine rings is 1. The summed E-state index contributed by atoms with van der Waals surface area (Å²) in [7, 11) is 0. The van der Waals surface area contributed by atoms with Crippen LogP contribution in [0.4, 0.5) is 4.39 Å². The Labute approximate surface area is 174 Å². The van der Waals surface area contributed by atoms with Crippen LogP contribution in [0.15, 0.2) is 66.2 Å². The lowest BCUT2D eigenvalue weighted by molar-refractivity contribution is 0.0879. The van der Waals surface area contributed by atoms with Crippen molar-refractivity contribution >= 4 is 17.2 Å². The van der Waals surface area contributed by atoms with E-state index in [1.807, 2.05) is 47.8 Å². The van der Waals surface area contributed by atoms with Crippen molar-refractivity contribution in [1.29, 1.82) is 0 Å². The van der Waals surface area contributed by atoms with E-state index in [-0.39, 0.29) is 23.7 Å². The fourth-order valence-electron chi connectivity index (χ4n) is 3.97. The maximum atomic E-state index is 13.2. The maximum Gasteiger partial charge on any atom is 0.261 e. The second-order valence-electron chi connectivity index (χ2n) is 7.45. The molecule has 1 aliphatic rings. The molecule has 1 amide bonds. The minimum atomic E-state index is -0.211. The van der Waals surface area contributed by atoms with Gasteiger partial charge >= 0.3 is 0 Å². The fourth-order valence-corrected chi connectivity index (χ4v) is 4.60. The predicted molar refractivity (Wildman–Crippen MR) is 113 cm³/mol. The monoisotopic (exact) mass is 409 g/mol. The number of hydrogen-bond donors (Lipinski definition) is 1. The number of thiophene rings is 1. The lowest BCUT2D eigenvalue weighted by atomic mass is 9.88. The molecule has 1 saturated heterocycles. The number of rotatable bonds is 6. The largest absolute Gasteiger partial charge is 0.343 e. The number of likely N-dealkylation sites (tertiary alicyclic amines) is 1. The molecule has 0 unspecified atom stereocenters. The Morgan fingerprint density at radius 3 is 2.79 bits per heavy atom. The van der Waals surface area contributed by atoms with E-state index in [9.17, 15) is 9.18 Å². The first-order valence-corrected chi connectivity index (χ1v) is 10.8. The van der Waals surface area contributed by atoms with Crippen LogP contribution in [0, 0.1) is 11.7 Å². The Morgan fingerprint density at radius 2 is 2.07 bits per heavy atom. The number of nitrogens with one attached hydrogen (secondary N) is 1. The van der Waals surface area contributed by atoms with Crippen LogP contribution in [-0.2, 0) is 6.54 Å². The number of piperidine rings is 1. The van der Waals surface area contributed by atoms with Crippen LogP contribution in [0.3, 0.4) is 0 Å². The van der Waals surface area contributed by atoms with Crippen molar-refractivity contribution in [2.24, 2.45) is 5.92 Å². The Bertz CT molecular complexity index is 915. The summed E-state index contributed by atoms with van der Waals surface area (Å²) in [5.41, 5.74) is 2.00. The van der Waals surface area contributed by atoms with Gasteiger partial charge in [-0.05, 0) is 66.6 Å². The predicted octanol–water partition coefficient (Wildman–Crippen LogP) is 4.67. The van der Waals surface area contributed by atoms with Crippen molar-refractivity contribution in [2.75, 3.05) is 13.1 Å². The van der Waals surface area contributed by atoms with Crippen LogP contribution in [0.2, 0.25) is 0 Å². The Kier molecular flexibility index (Phi) is 6.32. The molecule has 1 aliphatic heterocycles. The van der Waals surface area contributed by atoms with Crippen LogP contribution < -0.4 is 5.32 Å². The molecule has 1 fully saturated rings. The van der Waals surface area contributed by atoms with Crippen molar-refractivity contribution in [3.63, 3.8) is 0 Å². The molecule has 4 rings (SSSR count). The van der Waals surface area contributed by atoms with Crippen LogP contribution >= 0.6 is 11.3 Å². The summed E-state index contributed by atoms with van der Waals surface area (Å²) in [6.07, 6.45) is 3.87. The zero-order valence-electron chi connectivity index (χ0n) is 16.1. The molecule has 6 heteroatoms. The van der Waals surface area contributed by atoms with Gasteiger partial charge in [-0.25, -0.2) is 4.39 Å². The molecule has 0 saturated carbocycles. The van der Waals surface area contributed by atoms with E-state index >= 15 is 0 Å². The highest BCUT2D eigenvalue weighted by Crippen LogP contribution is 2.30. The first-order chi connectivity index (χ1) is 14.2. The summed E-state index contributed by atoms with van der Waals surface area (Å²) in [6, 6.07) is 16.1. The maximum absolute atomic E-state index is 13.2. The zero-order valence-corrected chi connectivity index (χ0v) is 16.9. The minimum absolute atomic E-state index is 0.0497. The van der Waals surface area contributed by atoms with Gasteiger partial charge in [0.05, 0.1) is 16.6 Å². The van der Waals surface area contributed by atoms with Crippen molar-refractivity contribution in [2.45, 2.75) is 25.4 Å². The van der Waals surface area contributed by atoms with Crippen molar-refractivity contribution < 1.29 is 9.18 Å². The normalized spacial score (nSPS) is 18.3. The fraction of sp³-hybridized carbons (Fsp3) is 0.304. The van der Waals surface area contributed by atoms with Gasteiger partial charge in [0.2, 0.25) is 0 Å². The molecule has 0 bridgehead atoms. The highest BCUT2D eigenvalue weighted by atomic mass is 32.1. The number of benzene rings is 1. The third kappa shape index (κ3) is 5.08. The molecule has 1 N–H and O–H groups in total. The van der Waals surface area contributed by atoms with E-state index < -0.39 is 0 Å². The van der Waals surface area contributed by atoms with E-state index in [2.05, 4.69) is 15.2 Å². The SMILES string of the molecule is O=C(N[C@@H](c1ccccn1)[C@H]1CCCN(Cc2ccc(F)cc2)C1)c1cccs1. The van der Waals surface area contributed by atoms with Gasteiger partial charge in [0.25, 0.3) is 5.91 Å². The summed E-state index contributed by atoms with van der Waals surface area (Å²) in [4.78, 5) is 20.4. The topological polar surface area (TPSA) is 45.2 Å². The Hall–Kier alpha value is -2.57. The van der Waals surface area contributed by atoms with Crippen LogP contribution in [0.25, 0.3) is 0 Å². The quantitative estimate of drug-likeness (QED) is 0.644. The third-order valence-electron chi connectivity index (χ3n) is 5.37. The van der Waals surface area contributed by atoms with Crippen molar-refractivity contribution in [3.05, 3.63) is 88.1 Å². The zero-order chi connectivity index (χ0) is 20.1. The van der Waals surface area contributed by atoms with Crippen molar-refractivity contribution in [1.82, 2.24) is 15.2 Å². The molecule has 3 aromatic rings. The van der Waals surface area contributed by atoms with E-state index in [1.54, 1.807) is 6.20 Å². The van der Waals surface area contributed by atoms with Gasteiger partial charge in [-0.1, -0.05) is 24.3 Å². The molecule has 2 atom stereocenters. The standard InChI is InChI=1S/C23H24FN3OS/c24-19-10-8-17(9-11-19)15-27-13-3-5-18(16-27)22(20-6-1-2-12-25-20)26-23(28)21-7-4-14-29-21/h1-2,4,6-12,14,18,22H,3,5,13,15-16H2,(H,26,28)/t18-,22+/m0/s1. The highest BCUT2D eigenvalue weighted by Gasteiger charge is 2.30. The molecule has 150 valence electrons.